The van der Waals surface area contributed by atoms with Crippen LogP contribution in [0.2, 0.25) is 0 Å². The first-order chi connectivity index (χ1) is 7.75. The maximum absolute atomic E-state index is 11.8. The van der Waals surface area contributed by atoms with E-state index < -0.39 is 0 Å². The van der Waals surface area contributed by atoms with Gasteiger partial charge in [-0.15, -0.1) is 0 Å². The molecular weight excluding hydrogens is 202 g/mol. The van der Waals surface area contributed by atoms with Gasteiger partial charge in [-0.2, -0.15) is 0 Å². The summed E-state index contributed by atoms with van der Waals surface area (Å²) in [6.07, 6.45) is 3.25. The Labute approximate surface area is 93.3 Å². The highest BCUT2D eigenvalue weighted by atomic mass is 16.1. The van der Waals surface area contributed by atoms with Crippen molar-refractivity contribution in [3.8, 4) is 0 Å². The van der Waals surface area contributed by atoms with Gasteiger partial charge in [0.05, 0.1) is 5.56 Å². The molecule has 4 heteroatoms. The lowest BCUT2D eigenvalue weighted by molar-refractivity contribution is -0.638. The molecule has 0 radical (unpaired) electrons. The van der Waals surface area contributed by atoms with Crippen LogP contribution in [0.5, 0.6) is 0 Å². The van der Waals surface area contributed by atoms with Gasteiger partial charge in [-0.05, 0) is 12.1 Å². The molecule has 0 bridgehead atoms. The van der Waals surface area contributed by atoms with Crippen molar-refractivity contribution in [2.45, 2.75) is 0 Å². The molecule has 0 aliphatic rings. The Morgan fingerprint density at radius 1 is 1.06 bits per heavy atom. The molecule has 16 heavy (non-hydrogen) atoms. The molecule has 1 amide bonds. The number of anilines is 1. The molecule has 80 valence electrons. The fourth-order valence-corrected chi connectivity index (χ4v) is 1.31. The summed E-state index contributed by atoms with van der Waals surface area (Å²) in [6, 6.07) is 12.6. The number of hydrogen-bond acceptors (Lipinski definition) is 2. The first-order valence-electron chi connectivity index (χ1n) is 4.88. The number of benzene rings is 1. The lowest BCUT2D eigenvalue weighted by Gasteiger charge is -2.03. The lowest BCUT2D eigenvalue weighted by Crippen LogP contribution is -2.43. The van der Waals surface area contributed by atoms with Crippen LogP contribution in [0.25, 0.3) is 0 Å². The number of hydrogen-bond donors (Lipinski definition) is 2. The Hall–Kier alpha value is -2.36. The van der Waals surface area contributed by atoms with Crippen LogP contribution in [-0.4, -0.2) is 5.91 Å². The zero-order valence-corrected chi connectivity index (χ0v) is 8.63. The molecule has 1 aromatic carbocycles. The first kappa shape index (κ1) is 10.2. The zero-order valence-electron chi connectivity index (χ0n) is 8.63. The molecule has 3 N–H and O–H groups in total. The van der Waals surface area contributed by atoms with E-state index in [2.05, 4.69) is 5.32 Å². The van der Waals surface area contributed by atoms with Gasteiger partial charge >= 0.3 is 0 Å². The molecule has 0 aliphatic heterocycles. The van der Waals surface area contributed by atoms with Crippen molar-refractivity contribution in [1.29, 1.82) is 0 Å². The Morgan fingerprint density at radius 2 is 1.69 bits per heavy atom. The number of nitrogens with two attached hydrogens (primary N) is 1. The van der Waals surface area contributed by atoms with Crippen molar-refractivity contribution < 1.29 is 9.47 Å². The second-order valence-corrected chi connectivity index (χ2v) is 3.35. The fourth-order valence-electron chi connectivity index (χ4n) is 1.31. The molecule has 0 atom stereocenters. The van der Waals surface area contributed by atoms with E-state index in [1.54, 1.807) is 24.5 Å². The third-order valence-electron chi connectivity index (χ3n) is 2.15. The smallest absolute Gasteiger partial charge is 0.256 e. The van der Waals surface area contributed by atoms with Crippen LogP contribution in [0, 0.1) is 0 Å². The number of nitrogens with one attached hydrogen (secondary N) is 1. The summed E-state index contributed by atoms with van der Waals surface area (Å²) in [6.45, 7) is 0. The molecule has 0 saturated carbocycles. The number of rotatable bonds is 2. The number of nitrogen functional groups attached to an aromatic ring is 1. The fraction of sp³-hybridized carbons (Fsp3) is 0. The predicted molar refractivity (Wildman–Crippen MR) is 61.2 cm³/mol. The molecule has 0 unspecified atom stereocenters. The van der Waals surface area contributed by atoms with Gasteiger partial charge in [0.15, 0.2) is 12.4 Å². The van der Waals surface area contributed by atoms with Crippen LogP contribution < -0.4 is 15.8 Å². The third kappa shape index (κ3) is 2.36. The zero-order chi connectivity index (χ0) is 11.4. The summed E-state index contributed by atoms with van der Waals surface area (Å²) in [5.41, 5.74) is 1.35. The summed E-state index contributed by atoms with van der Waals surface area (Å²) < 4.78 is 1.39. The monoisotopic (exact) mass is 214 g/mol. The maximum Gasteiger partial charge on any atom is 0.256 e. The topological polar surface area (TPSA) is 59.0 Å². The van der Waals surface area contributed by atoms with E-state index in [1.807, 2.05) is 30.3 Å². The summed E-state index contributed by atoms with van der Waals surface area (Å²) in [5.74, 6) is 5.32. The van der Waals surface area contributed by atoms with Gasteiger partial charge in [0.1, 0.15) is 0 Å². The van der Waals surface area contributed by atoms with E-state index in [-0.39, 0.29) is 5.91 Å². The largest absolute Gasteiger partial charge is 0.322 e. The van der Waals surface area contributed by atoms with Crippen molar-refractivity contribution in [1.82, 2.24) is 0 Å². The van der Waals surface area contributed by atoms with Gasteiger partial charge in [-0.25, -0.2) is 5.84 Å². The highest BCUT2D eigenvalue weighted by Crippen LogP contribution is 2.07. The van der Waals surface area contributed by atoms with Crippen molar-refractivity contribution in [3.63, 3.8) is 0 Å². The molecule has 1 heterocycles. The van der Waals surface area contributed by atoms with E-state index in [9.17, 15) is 4.79 Å². The van der Waals surface area contributed by atoms with Gasteiger partial charge in [-0.1, -0.05) is 22.9 Å². The lowest BCUT2D eigenvalue weighted by atomic mass is 10.2. The third-order valence-corrected chi connectivity index (χ3v) is 2.15. The normalized spacial score (nSPS) is 9.75. The van der Waals surface area contributed by atoms with E-state index in [0.29, 0.717) is 5.56 Å². The van der Waals surface area contributed by atoms with Crippen LogP contribution in [-0.2, 0) is 0 Å². The summed E-state index contributed by atoms with van der Waals surface area (Å²) in [4.78, 5) is 11.8. The van der Waals surface area contributed by atoms with Gasteiger partial charge < -0.3 is 5.32 Å². The standard InChI is InChI=1S/C12H11N3O/c13-15-8-6-10(7-9-15)12(16)14-11-4-2-1-3-5-11/h1-9H,(H2-,13,14,16)/p+1. The maximum atomic E-state index is 11.8. The molecule has 0 fully saturated rings. The van der Waals surface area contributed by atoms with Gasteiger partial charge in [0.25, 0.3) is 5.91 Å². The quantitative estimate of drug-likeness (QED) is 0.577. The number of pyridine rings is 1. The average molecular weight is 214 g/mol. The molecule has 0 saturated heterocycles. The minimum absolute atomic E-state index is 0.146. The first-order valence-corrected chi connectivity index (χ1v) is 4.88. The van der Waals surface area contributed by atoms with E-state index >= 15 is 0 Å². The Bertz CT molecular complexity index is 479. The molecule has 2 aromatic rings. The molecule has 0 spiro atoms. The Balaban J connectivity index is 2.12. The Morgan fingerprint density at radius 3 is 2.31 bits per heavy atom. The van der Waals surface area contributed by atoms with Crippen LogP contribution in [0.4, 0.5) is 5.69 Å². The SMILES string of the molecule is N[n+]1ccc(C(=O)Nc2ccccc2)cc1. The Kier molecular flexibility index (Phi) is 2.82. The van der Waals surface area contributed by atoms with Crippen molar-refractivity contribution >= 4 is 11.6 Å². The number of para-hydroxylation sites is 1. The second kappa shape index (κ2) is 4.44. The second-order valence-electron chi connectivity index (χ2n) is 3.35. The summed E-state index contributed by atoms with van der Waals surface area (Å²) >= 11 is 0. The van der Waals surface area contributed by atoms with Gasteiger partial charge in [0.2, 0.25) is 0 Å². The average Bonchev–Trinajstić information content (AvgIpc) is 2.31. The van der Waals surface area contributed by atoms with Gasteiger partial charge in [-0.3, -0.25) is 4.79 Å². The minimum atomic E-state index is -0.146. The molecule has 1 aromatic heterocycles. The van der Waals surface area contributed by atoms with E-state index in [1.165, 1.54) is 4.68 Å². The molecule has 2 rings (SSSR count). The number of carbonyl (C=O) groups excluding carboxylic acids is 1. The van der Waals surface area contributed by atoms with Crippen LogP contribution in [0.15, 0.2) is 54.9 Å². The van der Waals surface area contributed by atoms with Crippen molar-refractivity contribution in [3.05, 3.63) is 60.4 Å². The molecular formula is C12H12N3O+. The highest BCUT2D eigenvalue weighted by Gasteiger charge is 2.06. The summed E-state index contributed by atoms with van der Waals surface area (Å²) in [7, 11) is 0. The van der Waals surface area contributed by atoms with Gasteiger partial charge in [0, 0.05) is 17.8 Å². The van der Waals surface area contributed by atoms with Crippen LogP contribution in [0.3, 0.4) is 0 Å². The predicted octanol–water partition coefficient (Wildman–Crippen LogP) is 0.940. The number of amides is 1. The van der Waals surface area contributed by atoms with Crippen LogP contribution in [0.1, 0.15) is 10.4 Å². The molecule has 4 nitrogen and oxygen atoms in total. The number of aromatic nitrogens is 1. The van der Waals surface area contributed by atoms with Crippen molar-refractivity contribution in [2.75, 3.05) is 11.2 Å². The highest BCUT2D eigenvalue weighted by molar-refractivity contribution is 6.04. The van der Waals surface area contributed by atoms with Crippen molar-refractivity contribution in [2.24, 2.45) is 0 Å². The summed E-state index contributed by atoms with van der Waals surface area (Å²) in [5, 5.41) is 2.79. The van der Waals surface area contributed by atoms with E-state index in [0.717, 1.165) is 5.69 Å². The minimum Gasteiger partial charge on any atom is -0.322 e. The number of nitrogens with zero attached hydrogens (tertiary/aromatic N) is 1. The van der Waals surface area contributed by atoms with E-state index in [4.69, 9.17) is 5.84 Å². The van der Waals surface area contributed by atoms with Crippen LogP contribution >= 0.6 is 0 Å². The molecule has 0 aliphatic carbocycles. The number of carbonyl (C=O) groups is 1.